The van der Waals surface area contributed by atoms with Crippen molar-refractivity contribution in [1.29, 1.82) is 0 Å². The molecule has 1 aliphatic rings. The molecule has 0 spiro atoms. The number of nitrogens with zero attached hydrogens (tertiary/aromatic N) is 2. The summed E-state index contributed by atoms with van der Waals surface area (Å²) in [5, 5.41) is 3.40. The summed E-state index contributed by atoms with van der Waals surface area (Å²) in [6, 6.07) is 9.00. The second-order valence-electron chi connectivity index (χ2n) is 6.78. The molecule has 0 radical (unpaired) electrons. The molecule has 1 atom stereocenters. The summed E-state index contributed by atoms with van der Waals surface area (Å²) in [4.78, 5) is 5.06. The number of hydrogen-bond acceptors (Lipinski definition) is 4. The lowest BCUT2D eigenvalue weighted by molar-refractivity contribution is 0.231. The van der Waals surface area contributed by atoms with Gasteiger partial charge in [0.15, 0.2) is 0 Å². The van der Waals surface area contributed by atoms with Gasteiger partial charge in [-0.15, -0.1) is 0 Å². The average Bonchev–Trinajstić information content (AvgIpc) is 2.53. The van der Waals surface area contributed by atoms with Gasteiger partial charge in [0.2, 0.25) is 0 Å². The summed E-state index contributed by atoms with van der Waals surface area (Å²) < 4.78 is 0. The molecule has 1 aliphatic heterocycles. The first-order chi connectivity index (χ1) is 10.6. The number of nitrogens with one attached hydrogen (secondary N) is 1. The first-order valence-electron chi connectivity index (χ1n) is 8.65. The highest BCUT2D eigenvalue weighted by Gasteiger charge is 2.17. The van der Waals surface area contributed by atoms with Crippen molar-refractivity contribution < 1.29 is 0 Å². The van der Waals surface area contributed by atoms with E-state index in [0.29, 0.717) is 0 Å². The maximum atomic E-state index is 5.94. The van der Waals surface area contributed by atoms with Gasteiger partial charge in [-0.1, -0.05) is 20.8 Å². The van der Waals surface area contributed by atoms with Crippen LogP contribution in [0, 0.1) is 5.92 Å². The van der Waals surface area contributed by atoms with Crippen molar-refractivity contribution in [3.05, 3.63) is 24.3 Å². The third-order valence-electron chi connectivity index (χ3n) is 4.32. The van der Waals surface area contributed by atoms with Crippen LogP contribution >= 0.6 is 0 Å². The number of benzene rings is 1. The van der Waals surface area contributed by atoms with Crippen molar-refractivity contribution in [2.24, 2.45) is 11.7 Å². The van der Waals surface area contributed by atoms with Gasteiger partial charge in [-0.2, -0.15) is 0 Å². The van der Waals surface area contributed by atoms with E-state index in [0.717, 1.165) is 37.7 Å². The molecule has 1 saturated heterocycles. The van der Waals surface area contributed by atoms with Crippen molar-refractivity contribution in [1.82, 2.24) is 4.90 Å². The summed E-state index contributed by atoms with van der Waals surface area (Å²) in [5.41, 5.74) is 8.43. The molecule has 4 nitrogen and oxygen atoms in total. The Bertz CT molecular complexity index is 421. The van der Waals surface area contributed by atoms with Crippen LogP contribution in [0.3, 0.4) is 0 Å². The molecule has 0 aromatic heterocycles. The van der Waals surface area contributed by atoms with Crippen LogP contribution in [0.5, 0.6) is 0 Å². The van der Waals surface area contributed by atoms with E-state index < -0.39 is 0 Å². The van der Waals surface area contributed by atoms with E-state index in [4.69, 9.17) is 5.73 Å². The maximum absolute atomic E-state index is 5.94. The fourth-order valence-corrected chi connectivity index (χ4v) is 2.89. The highest BCUT2D eigenvalue weighted by Crippen LogP contribution is 2.19. The Hall–Kier alpha value is -1.26. The van der Waals surface area contributed by atoms with E-state index >= 15 is 0 Å². The third kappa shape index (κ3) is 5.18. The SMILES string of the molecule is CCC(N)CNc1ccc(N2CCN(CC(C)C)CC2)cc1. The molecule has 0 aliphatic carbocycles. The van der Waals surface area contributed by atoms with E-state index in [9.17, 15) is 0 Å². The Labute approximate surface area is 135 Å². The third-order valence-corrected chi connectivity index (χ3v) is 4.32. The number of piperazine rings is 1. The molecular weight excluding hydrogens is 272 g/mol. The predicted octanol–water partition coefficient (Wildman–Crippen LogP) is 2.61. The molecule has 1 heterocycles. The van der Waals surface area contributed by atoms with Crippen LogP contribution in [0.1, 0.15) is 27.2 Å². The van der Waals surface area contributed by atoms with Crippen molar-refractivity contribution in [3.8, 4) is 0 Å². The molecule has 3 N–H and O–H groups in total. The van der Waals surface area contributed by atoms with Gasteiger partial charge < -0.3 is 16.0 Å². The van der Waals surface area contributed by atoms with Crippen LogP contribution in [0.4, 0.5) is 11.4 Å². The quantitative estimate of drug-likeness (QED) is 0.813. The van der Waals surface area contributed by atoms with E-state index in [-0.39, 0.29) is 6.04 Å². The largest absolute Gasteiger partial charge is 0.383 e. The molecule has 0 saturated carbocycles. The molecule has 1 fully saturated rings. The van der Waals surface area contributed by atoms with Crippen LogP contribution in [0.2, 0.25) is 0 Å². The Balaban J connectivity index is 1.81. The smallest absolute Gasteiger partial charge is 0.0368 e. The number of hydrogen-bond donors (Lipinski definition) is 2. The van der Waals surface area contributed by atoms with Crippen molar-refractivity contribution in [2.75, 3.05) is 49.5 Å². The molecule has 0 amide bonds. The van der Waals surface area contributed by atoms with Gasteiger partial charge >= 0.3 is 0 Å². The zero-order chi connectivity index (χ0) is 15.9. The fraction of sp³-hybridized carbons (Fsp3) is 0.667. The highest BCUT2D eigenvalue weighted by atomic mass is 15.3. The molecule has 1 aromatic rings. The second kappa shape index (κ2) is 8.39. The summed E-state index contributed by atoms with van der Waals surface area (Å²) >= 11 is 0. The van der Waals surface area contributed by atoms with Crippen molar-refractivity contribution in [2.45, 2.75) is 33.2 Å². The topological polar surface area (TPSA) is 44.5 Å². The molecule has 22 heavy (non-hydrogen) atoms. The Morgan fingerprint density at radius 1 is 1.09 bits per heavy atom. The van der Waals surface area contributed by atoms with E-state index in [2.05, 4.69) is 60.2 Å². The minimum absolute atomic E-state index is 0.230. The molecule has 2 rings (SSSR count). The summed E-state index contributed by atoms with van der Waals surface area (Å²) in [5.74, 6) is 0.756. The lowest BCUT2D eigenvalue weighted by Gasteiger charge is -2.36. The zero-order valence-electron chi connectivity index (χ0n) is 14.4. The van der Waals surface area contributed by atoms with Crippen LogP contribution in [0.25, 0.3) is 0 Å². The summed E-state index contributed by atoms with van der Waals surface area (Å²) in [6.07, 6.45) is 1.01. The van der Waals surface area contributed by atoms with Gasteiger partial charge in [0.05, 0.1) is 0 Å². The first-order valence-corrected chi connectivity index (χ1v) is 8.65. The van der Waals surface area contributed by atoms with Crippen molar-refractivity contribution >= 4 is 11.4 Å². The van der Waals surface area contributed by atoms with Crippen LogP contribution < -0.4 is 16.0 Å². The molecule has 4 heteroatoms. The molecule has 124 valence electrons. The predicted molar refractivity (Wildman–Crippen MR) is 96.7 cm³/mol. The standard InChI is InChI=1S/C18H32N4/c1-4-16(19)13-20-17-5-7-18(8-6-17)22-11-9-21(10-12-22)14-15(2)3/h5-8,15-16,20H,4,9-14,19H2,1-3H3. The van der Waals surface area contributed by atoms with Crippen LogP contribution in [-0.4, -0.2) is 50.2 Å². The van der Waals surface area contributed by atoms with Gasteiger partial charge in [0.1, 0.15) is 0 Å². The van der Waals surface area contributed by atoms with E-state index in [1.54, 1.807) is 0 Å². The molecule has 0 bridgehead atoms. The fourth-order valence-electron chi connectivity index (χ4n) is 2.89. The summed E-state index contributed by atoms with van der Waals surface area (Å²) in [7, 11) is 0. The van der Waals surface area contributed by atoms with Gasteiger partial charge in [0.25, 0.3) is 0 Å². The Morgan fingerprint density at radius 2 is 1.73 bits per heavy atom. The molecule has 1 unspecified atom stereocenters. The van der Waals surface area contributed by atoms with Gasteiger partial charge in [-0.05, 0) is 36.6 Å². The second-order valence-corrected chi connectivity index (χ2v) is 6.78. The minimum Gasteiger partial charge on any atom is -0.383 e. The number of nitrogens with two attached hydrogens (primary N) is 1. The van der Waals surface area contributed by atoms with E-state index in [1.807, 2.05) is 0 Å². The normalized spacial score (nSPS) is 17.8. The van der Waals surface area contributed by atoms with Gasteiger partial charge in [-0.3, -0.25) is 4.90 Å². The molecule has 1 aromatic carbocycles. The Morgan fingerprint density at radius 3 is 2.27 bits per heavy atom. The zero-order valence-corrected chi connectivity index (χ0v) is 14.4. The lowest BCUT2D eigenvalue weighted by Crippen LogP contribution is -2.47. The monoisotopic (exact) mass is 304 g/mol. The van der Waals surface area contributed by atoms with E-state index in [1.165, 1.54) is 25.3 Å². The average molecular weight is 304 g/mol. The number of rotatable bonds is 7. The van der Waals surface area contributed by atoms with Gasteiger partial charge in [-0.25, -0.2) is 0 Å². The van der Waals surface area contributed by atoms with Crippen molar-refractivity contribution in [3.63, 3.8) is 0 Å². The minimum atomic E-state index is 0.230. The number of anilines is 2. The lowest BCUT2D eigenvalue weighted by atomic mass is 10.1. The summed E-state index contributed by atoms with van der Waals surface area (Å²) in [6.45, 7) is 13.4. The Kier molecular flexibility index (Phi) is 6.52. The van der Waals surface area contributed by atoms with Gasteiger partial charge in [0, 0.05) is 56.7 Å². The molecular formula is C18H32N4. The highest BCUT2D eigenvalue weighted by molar-refractivity contribution is 5.55. The maximum Gasteiger partial charge on any atom is 0.0368 e. The van der Waals surface area contributed by atoms with Crippen LogP contribution in [0.15, 0.2) is 24.3 Å². The first kappa shape index (κ1) is 17.1. The van der Waals surface area contributed by atoms with Crippen LogP contribution in [-0.2, 0) is 0 Å².